The van der Waals surface area contributed by atoms with Crippen LogP contribution in [0.15, 0.2) is 23.1 Å². The molecule has 0 spiro atoms. The topological polar surface area (TPSA) is 24.5 Å². The van der Waals surface area contributed by atoms with Crippen molar-refractivity contribution in [3.8, 4) is 5.75 Å². The van der Waals surface area contributed by atoms with E-state index in [1.54, 1.807) is 7.11 Å². The van der Waals surface area contributed by atoms with Crippen LogP contribution in [0.25, 0.3) is 0 Å². The summed E-state index contributed by atoms with van der Waals surface area (Å²) >= 11 is 1.94. The summed E-state index contributed by atoms with van der Waals surface area (Å²) in [5.74, 6) is 2.07. The fourth-order valence-corrected chi connectivity index (χ4v) is 3.34. The largest absolute Gasteiger partial charge is 0.497 e. The van der Waals surface area contributed by atoms with Crippen LogP contribution < -0.4 is 10.1 Å². The molecule has 1 aromatic rings. The Balaban J connectivity index is 1.93. The van der Waals surface area contributed by atoms with E-state index in [4.69, 9.17) is 4.74 Å². The summed E-state index contributed by atoms with van der Waals surface area (Å²) in [5, 5.41) is 3.46. The first-order chi connectivity index (χ1) is 8.70. The minimum absolute atomic E-state index is 0.630. The highest BCUT2D eigenvalue weighted by Crippen LogP contribution is 2.27. The molecule has 4 heteroatoms. The van der Waals surface area contributed by atoms with Gasteiger partial charge < -0.3 is 15.0 Å². The van der Waals surface area contributed by atoms with Gasteiger partial charge in [-0.2, -0.15) is 0 Å². The lowest BCUT2D eigenvalue weighted by Gasteiger charge is -2.32. The molecule has 0 aliphatic carbocycles. The average Bonchev–Trinajstić information content (AvgIpc) is 2.39. The number of likely N-dealkylation sites (N-methyl/N-ethyl adjacent to an activating group) is 1. The first-order valence-electron chi connectivity index (χ1n) is 6.39. The lowest BCUT2D eigenvalue weighted by molar-refractivity contribution is 0.218. The van der Waals surface area contributed by atoms with E-state index < -0.39 is 0 Å². The van der Waals surface area contributed by atoms with E-state index in [0.29, 0.717) is 6.04 Å². The Kier molecular flexibility index (Phi) is 4.92. The minimum atomic E-state index is 0.630. The standard InChI is InChI=1S/C14H22N2OS/c1-11-8-13(17-3)4-5-14(11)18-10-12-9-15-6-7-16(12)2/h4-5,8,12,15H,6-7,9-10H2,1-3H3. The molecule has 3 nitrogen and oxygen atoms in total. The Labute approximate surface area is 114 Å². The number of nitrogens with one attached hydrogen (secondary N) is 1. The molecule has 1 aromatic carbocycles. The molecule has 1 unspecified atom stereocenters. The maximum absolute atomic E-state index is 5.23. The molecule has 1 atom stereocenters. The zero-order chi connectivity index (χ0) is 13.0. The smallest absolute Gasteiger partial charge is 0.119 e. The summed E-state index contributed by atoms with van der Waals surface area (Å²) in [4.78, 5) is 3.80. The quantitative estimate of drug-likeness (QED) is 0.843. The number of ether oxygens (including phenoxy) is 1. The molecular formula is C14H22N2OS. The van der Waals surface area contributed by atoms with E-state index in [1.807, 2.05) is 17.8 Å². The Bertz CT molecular complexity index is 397. The SMILES string of the molecule is COc1ccc(SCC2CNCCN2C)c(C)c1. The van der Waals surface area contributed by atoms with Gasteiger partial charge in [0, 0.05) is 36.3 Å². The molecule has 2 rings (SSSR count). The van der Waals surface area contributed by atoms with Gasteiger partial charge >= 0.3 is 0 Å². The summed E-state index contributed by atoms with van der Waals surface area (Å²) in [7, 11) is 3.93. The monoisotopic (exact) mass is 266 g/mol. The number of aryl methyl sites for hydroxylation is 1. The van der Waals surface area contributed by atoms with Crippen molar-refractivity contribution in [2.24, 2.45) is 0 Å². The van der Waals surface area contributed by atoms with Crippen LogP contribution in [0.2, 0.25) is 0 Å². The number of benzene rings is 1. The van der Waals surface area contributed by atoms with Crippen LogP contribution in [0.1, 0.15) is 5.56 Å². The molecule has 18 heavy (non-hydrogen) atoms. The van der Waals surface area contributed by atoms with Crippen molar-refractivity contribution < 1.29 is 4.74 Å². The van der Waals surface area contributed by atoms with Crippen molar-refractivity contribution in [2.75, 3.05) is 39.5 Å². The number of rotatable bonds is 4. The molecule has 1 aliphatic rings. The average molecular weight is 266 g/mol. The summed E-state index contributed by atoms with van der Waals surface area (Å²) in [6, 6.07) is 6.93. The molecule has 1 heterocycles. The van der Waals surface area contributed by atoms with E-state index >= 15 is 0 Å². The van der Waals surface area contributed by atoms with Crippen molar-refractivity contribution in [3.63, 3.8) is 0 Å². The predicted octanol–water partition coefficient (Wildman–Crippen LogP) is 2.00. The molecule has 0 radical (unpaired) electrons. The van der Waals surface area contributed by atoms with Gasteiger partial charge in [-0.25, -0.2) is 0 Å². The molecule has 0 saturated carbocycles. The van der Waals surface area contributed by atoms with Gasteiger partial charge in [0.25, 0.3) is 0 Å². The third-order valence-corrected chi connectivity index (χ3v) is 4.78. The molecule has 0 aromatic heterocycles. The molecule has 1 saturated heterocycles. The number of nitrogens with zero attached hydrogens (tertiary/aromatic N) is 1. The third-order valence-electron chi connectivity index (χ3n) is 3.46. The van der Waals surface area contributed by atoms with Crippen LogP contribution in [0, 0.1) is 6.92 Å². The van der Waals surface area contributed by atoms with Gasteiger partial charge in [0.1, 0.15) is 5.75 Å². The fraction of sp³-hybridized carbons (Fsp3) is 0.571. The summed E-state index contributed by atoms with van der Waals surface area (Å²) < 4.78 is 5.23. The Hall–Kier alpha value is -0.710. The van der Waals surface area contributed by atoms with Gasteiger partial charge in [-0.05, 0) is 37.7 Å². The van der Waals surface area contributed by atoms with Gasteiger partial charge in [-0.1, -0.05) is 0 Å². The second-order valence-electron chi connectivity index (χ2n) is 4.78. The van der Waals surface area contributed by atoms with Gasteiger partial charge in [0.2, 0.25) is 0 Å². The second-order valence-corrected chi connectivity index (χ2v) is 5.84. The number of hydrogen-bond acceptors (Lipinski definition) is 4. The van der Waals surface area contributed by atoms with Crippen LogP contribution in [-0.2, 0) is 0 Å². The van der Waals surface area contributed by atoms with Crippen LogP contribution >= 0.6 is 11.8 Å². The second kappa shape index (κ2) is 6.45. The first kappa shape index (κ1) is 13.7. The molecule has 0 bridgehead atoms. The number of methoxy groups -OCH3 is 1. The van der Waals surface area contributed by atoms with Crippen LogP contribution in [0.3, 0.4) is 0 Å². The van der Waals surface area contributed by atoms with E-state index in [2.05, 4.69) is 36.3 Å². The number of hydrogen-bond donors (Lipinski definition) is 1. The van der Waals surface area contributed by atoms with Gasteiger partial charge in [-0.15, -0.1) is 11.8 Å². The van der Waals surface area contributed by atoms with Gasteiger partial charge in [-0.3, -0.25) is 0 Å². The number of piperazine rings is 1. The number of thioether (sulfide) groups is 1. The predicted molar refractivity (Wildman–Crippen MR) is 77.7 cm³/mol. The van der Waals surface area contributed by atoms with E-state index in [0.717, 1.165) is 31.1 Å². The van der Waals surface area contributed by atoms with Crippen molar-refractivity contribution in [1.82, 2.24) is 10.2 Å². The normalized spacial score (nSPS) is 20.9. The minimum Gasteiger partial charge on any atom is -0.497 e. The van der Waals surface area contributed by atoms with E-state index in [-0.39, 0.29) is 0 Å². The van der Waals surface area contributed by atoms with Crippen LogP contribution in [0.4, 0.5) is 0 Å². The third kappa shape index (κ3) is 3.40. The maximum Gasteiger partial charge on any atom is 0.119 e. The maximum atomic E-state index is 5.23. The molecule has 1 N–H and O–H groups in total. The van der Waals surface area contributed by atoms with E-state index in [9.17, 15) is 0 Å². The zero-order valence-electron chi connectivity index (χ0n) is 11.4. The molecule has 0 amide bonds. The Morgan fingerprint density at radius 2 is 2.33 bits per heavy atom. The summed E-state index contributed by atoms with van der Waals surface area (Å²) in [6.07, 6.45) is 0. The van der Waals surface area contributed by atoms with Gasteiger partial charge in [0.05, 0.1) is 7.11 Å². The molecule has 100 valence electrons. The van der Waals surface area contributed by atoms with Crippen LogP contribution in [0.5, 0.6) is 5.75 Å². The van der Waals surface area contributed by atoms with E-state index in [1.165, 1.54) is 10.5 Å². The zero-order valence-corrected chi connectivity index (χ0v) is 12.2. The highest BCUT2D eigenvalue weighted by atomic mass is 32.2. The molecule has 1 aliphatic heterocycles. The summed E-state index contributed by atoms with van der Waals surface area (Å²) in [5.41, 5.74) is 1.30. The fourth-order valence-electron chi connectivity index (χ4n) is 2.15. The van der Waals surface area contributed by atoms with Crippen molar-refractivity contribution in [2.45, 2.75) is 17.9 Å². The van der Waals surface area contributed by atoms with Crippen molar-refractivity contribution in [3.05, 3.63) is 23.8 Å². The first-order valence-corrected chi connectivity index (χ1v) is 7.37. The lowest BCUT2D eigenvalue weighted by Crippen LogP contribution is -2.50. The highest BCUT2D eigenvalue weighted by molar-refractivity contribution is 7.99. The molecular weight excluding hydrogens is 244 g/mol. The van der Waals surface area contributed by atoms with Gasteiger partial charge in [0.15, 0.2) is 0 Å². The highest BCUT2D eigenvalue weighted by Gasteiger charge is 2.18. The molecule has 1 fully saturated rings. The Morgan fingerprint density at radius 1 is 1.50 bits per heavy atom. The Morgan fingerprint density at radius 3 is 3.00 bits per heavy atom. The summed E-state index contributed by atoms with van der Waals surface area (Å²) in [6.45, 7) is 5.50. The van der Waals surface area contributed by atoms with Crippen molar-refractivity contribution in [1.29, 1.82) is 0 Å². The van der Waals surface area contributed by atoms with Crippen LogP contribution in [-0.4, -0.2) is 50.5 Å². The van der Waals surface area contributed by atoms with Crippen molar-refractivity contribution >= 4 is 11.8 Å². The lowest BCUT2D eigenvalue weighted by atomic mass is 10.2.